The zero-order chi connectivity index (χ0) is 10.7. The van der Waals surface area contributed by atoms with E-state index in [0.29, 0.717) is 0 Å². The summed E-state index contributed by atoms with van der Waals surface area (Å²) in [6.45, 7) is 1.82. The van der Waals surface area contributed by atoms with Gasteiger partial charge in [-0.1, -0.05) is 60.7 Å². The summed E-state index contributed by atoms with van der Waals surface area (Å²) in [6, 6.07) is 19.3. The van der Waals surface area contributed by atoms with Crippen molar-refractivity contribution in [2.45, 2.75) is 0 Å². The second-order valence-electron chi connectivity index (χ2n) is 3.60. The first-order chi connectivity index (χ1) is 7.21. The molecule has 0 saturated heterocycles. The van der Waals surface area contributed by atoms with E-state index in [-0.39, 0.29) is 20.4 Å². The number of benzene rings is 2. The molecule has 0 atom stereocenters. The fraction of sp³-hybridized carbons (Fsp3) is 0.0769. The van der Waals surface area contributed by atoms with Gasteiger partial charge in [-0.15, -0.1) is 0 Å². The zero-order valence-corrected chi connectivity index (χ0v) is 11.4. The topological polar surface area (TPSA) is 17.1 Å². The van der Waals surface area contributed by atoms with Crippen LogP contribution in [0.3, 0.4) is 0 Å². The van der Waals surface area contributed by atoms with Crippen molar-refractivity contribution in [3.63, 3.8) is 0 Å². The Kier molecular flexibility index (Phi) is 4.69. The minimum atomic E-state index is -2.40. The van der Waals surface area contributed by atoms with E-state index in [0.717, 1.165) is 10.6 Å². The Bertz CT molecular complexity index is 438. The van der Waals surface area contributed by atoms with Crippen molar-refractivity contribution >= 4 is 17.8 Å². The third-order valence-electron chi connectivity index (χ3n) is 2.50. The van der Waals surface area contributed by atoms with Crippen molar-refractivity contribution in [2.75, 3.05) is 6.66 Å². The molecule has 0 aliphatic heterocycles. The number of hydrogen-bond acceptors (Lipinski definition) is 1. The molecule has 0 aromatic heterocycles. The SMILES string of the molecule is CP(=O)(c1ccccc1)c1ccccc1.[Pd]. The summed E-state index contributed by atoms with van der Waals surface area (Å²) < 4.78 is 12.6. The van der Waals surface area contributed by atoms with E-state index in [2.05, 4.69) is 0 Å². The molecule has 0 aliphatic carbocycles. The van der Waals surface area contributed by atoms with Gasteiger partial charge >= 0.3 is 0 Å². The molecule has 0 unspecified atom stereocenters. The molecule has 0 aliphatic rings. The summed E-state index contributed by atoms with van der Waals surface area (Å²) in [5.41, 5.74) is 0. The maximum atomic E-state index is 12.6. The van der Waals surface area contributed by atoms with E-state index in [4.69, 9.17) is 0 Å². The monoisotopic (exact) mass is 322 g/mol. The van der Waals surface area contributed by atoms with Gasteiger partial charge in [-0.25, -0.2) is 0 Å². The Morgan fingerprint density at radius 1 is 0.750 bits per heavy atom. The van der Waals surface area contributed by atoms with Crippen LogP contribution in [-0.2, 0) is 25.0 Å². The van der Waals surface area contributed by atoms with E-state index in [1.54, 1.807) is 0 Å². The van der Waals surface area contributed by atoms with Gasteiger partial charge in [0.2, 0.25) is 0 Å². The minimum Gasteiger partial charge on any atom is -0.314 e. The molecular formula is C13H13OPPd. The van der Waals surface area contributed by atoms with Crippen LogP contribution < -0.4 is 10.6 Å². The Labute approximate surface area is 110 Å². The first kappa shape index (κ1) is 13.4. The van der Waals surface area contributed by atoms with Gasteiger partial charge in [-0.3, -0.25) is 0 Å². The molecule has 0 fully saturated rings. The van der Waals surface area contributed by atoms with Crippen LogP contribution in [-0.4, -0.2) is 6.66 Å². The van der Waals surface area contributed by atoms with E-state index < -0.39 is 7.14 Å². The number of hydrogen-bond donors (Lipinski definition) is 0. The first-order valence-electron chi connectivity index (χ1n) is 4.90. The molecule has 16 heavy (non-hydrogen) atoms. The normalized spacial score (nSPS) is 10.6. The summed E-state index contributed by atoms with van der Waals surface area (Å²) >= 11 is 0. The molecule has 2 rings (SSSR count). The van der Waals surface area contributed by atoms with Crippen molar-refractivity contribution in [3.05, 3.63) is 60.7 Å². The second kappa shape index (κ2) is 5.60. The molecule has 0 heterocycles. The molecule has 2 aromatic carbocycles. The van der Waals surface area contributed by atoms with Gasteiger partial charge in [-0.05, 0) is 6.66 Å². The van der Waals surface area contributed by atoms with Crippen LogP contribution >= 0.6 is 7.14 Å². The summed E-state index contributed by atoms with van der Waals surface area (Å²) in [7, 11) is -2.40. The largest absolute Gasteiger partial charge is 0.314 e. The van der Waals surface area contributed by atoms with Crippen molar-refractivity contribution < 1.29 is 25.0 Å². The molecular weight excluding hydrogens is 310 g/mol. The van der Waals surface area contributed by atoms with Gasteiger partial charge in [0, 0.05) is 31.0 Å². The van der Waals surface area contributed by atoms with Crippen LogP contribution in [0.4, 0.5) is 0 Å². The predicted octanol–water partition coefficient (Wildman–Crippen LogP) is 2.63. The van der Waals surface area contributed by atoms with E-state index >= 15 is 0 Å². The smallest absolute Gasteiger partial charge is 0.140 e. The molecule has 3 heteroatoms. The minimum absolute atomic E-state index is 0. The average Bonchev–Trinajstić information content (AvgIpc) is 2.31. The third kappa shape index (κ3) is 2.71. The van der Waals surface area contributed by atoms with Crippen LogP contribution in [0.5, 0.6) is 0 Å². The van der Waals surface area contributed by atoms with Gasteiger partial charge < -0.3 is 4.57 Å². The quantitative estimate of drug-likeness (QED) is 0.613. The molecule has 0 amide bonds. The van der Waals surface area contributed by atoms with E-state index in [1.165, 1.54) is 0 Å². The fourth-order valence-corrected chi connectivity index (χ4v) is 3.35. The van der Waals surface area contributed by atoms with Crippen LogP contribution in [0.2, 0.25) is 0 Å². The molecule has 2 aromatic rings. The molecule has 0 N–H and O–H groups in total. The first-order valence-corrected chi connectivity index (χ1v) is 7.05. The van der Waals surface area contributed by atoms with Crippen LogP contribution in [0.25, 0.3) is 0 Å². The van der Waals surface area contributed by atoms with Crippen LogP contribution in [0, 0.1) is 0 Å². The maximum Gasteiger partial charge on any atom is 0.140 e. The van der Waals surface area contributed by atoms with Crippen molar-refractivity contribution in [1.29, 1.82) is 0 Å². The van der Waals surface area contributed by atoms with Gasteiger partial charge in [0.15, 0.2) is 0 Å². The Hall–Kier alpha value is -0.668. The summed E-state index contributed by atoms with van der Waals surface area (Å²) in [4.78, 5) is 0. The fourth-order valence-electron chi connectivity index (χ4n) is 1.57. The average molecular weight is 323 g/mol. The number of rotatable bonds is 2. The molecule has 86 valence electrons. The van der Waals surface area contributed by atoms with Crippen molar-refractivity contribution in [3.8, 4) is 0 Å². The molecule has 0 spiro atoms. The van der Waals surface area contributed by atoms with Crippen molar-refractivity contribution in [1.82, 2.24) is 0 Å². The standard InChI is InChI=1S/C13H13OP.Pd/c1-15(14,12-8-4-2-5-9-12)13-10-6-3-7-11-13;/h2-11H,1H3;. The van der Waals surface area contributed by atoms with E-state index in [9.17, 15) is 4.57 Å². The van der Waals surface area contributed by atoms with Gasteiger partial charge in [0.05, 0.1) is 0 Å². The molecule has 0 bridgehead atoms. The summed E-state index contributed by atoms with van der Waals surface area (Å²) in [6.07, 6.45) is 0. The molecule has 0 radical (unpaired) electrons. The third-order valence-corrected chi connectivity index (χ3v) is 5.06. The van der Waals surface area contributed by atoms with Gasteiger partial charge in [0.1, 0.15) is 7.14 Å². The zero-order valence-electron chi connectivity index (χ0n) is 8.95. The Balaban J connectivity index is 0.00000128. The second-order valence-corrected chi connectivity index (χ2v) is 6.48. The van der Waals surface area contributed by atoms with Crippen LogP contribution in [0.15, 0.2) is 60.7 Å². The molecule has 0 saturated carbocycles. The Morgan fingerprint density at radius 2 is 1.06 bits per heavy atom. The van der Waals surface area contributed by atoms with Crippen molar-refractivity contribution in [2.24, 2.45) is 0 Å². The van der Waals surface area contributed by atoms with Gasteiger partial charge in [-0.2, -0.15) is 0 Å². The maximum absolute atomic E-state index is 12.6. The van der Waals surface area contributed by atoms with Gasteiger partial charge in [0.25, 0.3) is 0 Å². The summed E-state index contributed by atoms with van der Waals surface area (Å²) in [5, 5.41) is 1.83. The Morgan fingerprint density at radius 3 is 1.38 bits per heavy atom. The van der Waals surface area contributed by atoms with Crippen LogP contribution in [0.1, 0.15) is 0 Å². The predicted molar refractivity (Wildman–Crippen MR) is 65.7 cm³/mol. The summed E-state index contributed by atoms with van der Waals surface area (Å²) in [5.74, 6) is 0. The van der Waals surface area contributed by atoms with E-state index in [1.807, 2.05) is 67.3 Å². The molecule has 1 nitrogen and oxygen atoms in total.